The zero-order chi connectivity index (χ0) is 22.5. The maximum Gasteiger partial charge on any atom is 0.235 e. The van der Waals surface area contributed by atoms with Gasteiger partial charge in [-0.3, -0.25) is 9.36 Å². The van der Waals surface area contributed by atoms with Crippen LogP contribution in [0.25, 0.3) is 5.69 Å². The molecule has 2 heterocycles. The number of halogens is 1. The zero-order valence-electron chi connectivity index (χ0n) is 17.8. The van der Waals surface area contributed by atoms with E-state index >= 15 is 0 Å². The Kier molecular flexibility index (Phi) is 6.92. The Bertz CT molecular complexity index is 1190. The molecule has 0 radical (unpaired) electrons. The van der Waals surface area contributed by atoms with Crippen LogP contribution in [0.1, 0.15) is 31.3 Å². The van der Waals surface area contributed by atoms with E-state index in [4.69, 9.17) is 11.6 Å². The number of thioether (sulfide) groups is 1. The Morgan fingerprint density at radius 3 is 2.53 bits per heavy atom. The molecule has 0 aliphatic carbocycles. The summed E-state index contributed by atoms with van der Waals surface area (Å²) in [6.07, 6.45) is 2.30. The second kappa shape index (κ2) is 10.0. The van der Waals surface area contributed by atoms with Gasteiger partial charge >= 0.3 is 0 Å². The van der Waals surface area contributed by atoms with Gasteiger partial charge in [0.15, 0.2) is 5.16 Å². The third-order valence-corrected chi connectivity index (χ3v) is 5.93. The third kappa shape index (κ3) is 5.20. The van der Waals surface area contributed by atoms with E-state index in [1.165, 1.54) is 11.8 Å². The van der Waals surface area contributed by atoms with E-state index in [1.54, 1.807) is 16.9 Å². The number of nitrogens with zero attached hydrogens (tertiary/aromatic N) is 5. The Morgan fingerprint density at radius 1 is 1.06 bits per heavy atom. The fourth-order valence-electron chi connectivity index (χ4n) is 3.27. The van der Waals surface area contributed by atoms with Crippen molar-refractivity contribution < 1.29 is 4.79 Å². The van der Waals surface area contributed by atoms with E-state index in [0.717, 1.165) is 17.1 Å². The topological polar surface area (TPSA) is 77.6 Å². The lowest BCUT2D eigenvalue weighted by atomic mass is 10.1. The van der Waals surface area contributed by atoms with Crippen LogP contribution in [0.15, 0.2) is 72.0 Å². The standard InChI is InChI=1S/C23H23ClN6OS/c1-16(2)30-20(12-13-25-30)26-22(31)15-32-23-28-27-21(14-17-6-4-3-5-7-17)29(23)19-10-8-18(24)9-11-19/h3-13,16H,14-15H2,1-2H3,(H,26,31). The highest BCUT2D eigenvalue weighted by atomic mass is 35.5. The summed E-state index contributed by atoms with van der Waals surface area (Å²) in [6, 6.07) is 19.5. The highest BCUT2D eigenvalue weighted by Crippen LogP contribution is 2.25. The van der Waals surface area contributed by atoms with E-state index in [-0.39, 0.29) is 17.7 Å². The second-order valence-electron chi connectivity index (χ2n) is 7.46. The number of rotatable bonds is 8. The smallest absolute Gasteiger partial charge is 0.235 e. The molecule has 0 aliphatic rings. The molecule has 0 atom stereocenters. The molecule has 2 aromatic carbocycles. The molecule has 0 unspecified atom stereocenters. The third-order valence-electron chi connectivity index (χ3n) is 4.75. The van der Waals surface area contributed by atoms with Crippen LogP contribution in [-0.2, 0) is 11.2 Å². The fourth-order valence-corrected chi connectivity index (χ4v) is 4.17. The van der Waals surface area contributed by atoms with Gasteiger partial charge in [0.2, 0.25) is 5.91 Å². The lowest BCUT2D eigenvalue weighted by Gasteiger charge is -2.12. The quantitative estimate of drug-likeness (QED) is 0.369. The van der Waals surface area contributed by atoms with E-state index < -0.39 is 0 Å². The number of aromatic nitrogens is 5. The summed E-state index contributed by atoms with van der Waals surface area (Å²) in [5.41, 5.74) is 2.03. The van der Waals surface area contributed by atoms with Gasteiger partial charge in [0.1, 0.15) is 11.6 Å². The van der Waals surface area contributed by atoms with Crippen LogP contribution >= 0.6 is 23.4 Å². The molecule has 0 spiro atoms. The van der Waals surface area contributed by atoms with Crippen molar-refractivity contribution >= 4 is 35.1 Å². The number of benzene rings is 2. The normalized spacial score (nSPS) is 11.1. The summed E-state index contributed by atoms with van der Waals surface area (Å²) < 4.78 is 3.75. The van der Waals surface area contributed by atoms with Crippen molar-refractivity contribution in [3.8, 4) is 5.69 Å². The molecular formula is C23H23ClN6OS. The van der Waals surface area contributed by atoms with Gasteiger partial charge in [0, 0.05) is 29.2 Å². The van der Waals surface area contributed by atoms with Crippen LogP contribution in [0.2, 0.25) is 5.02 Å². The van der Waals surface area contributed by atoms with Crippen molar-refractivity contribution in [2.45, 2.75) is 31.5 Å². The molecule has 0 saturated heterocycles. The summed E-state index contributed by atoms with van der Waals surface area (Å²) in [6.45, 7) is 4.03. The van der Waals surface area contributed by atoms with Crippen LogP contribution in [0.4, 0.5) is 5.82 Å². The number of carbonyl (C=O) groups is 1. The van der Waals surface area contributed by atoms with Gasteiger partial charge in [-0.1, -0.05) is 53.7 Å². The second-order valence-corrected chi connectivity index (χ2v) is 8.84. The molecule has 0 aliphatic heterocycles. The molecule has 32 heavy (non-hydrogen) atoms. The molecule has 0 saturated carbocycles. The SMILES string of the molecule is CC(C)n1nccc1NC(=O)CSc1nnc(Cc2ccccc2)n1-c1ccc(Cl)cc1. The van der Waals surface area contributed by atoms with E-state index in [2.05, 4.69) is 32.7 Å². The van der Waals surface area contributed by atoms with E-state index in [9.17, 15) is 4.79 Å². The Labute approximate surface area is 195 Å². The minimum Gasteiger partial charge on any atom is -0.310 e. The van der Waals surface area contributed by atoms with Crippen LogP contribution in [0.3, 0.4) is 0 Å². The first-order valence-corrected chi connectivity index (χ1v) is 11.6. The predicted molar refractivity (Wildman–Crippen MR) is 128 cm³/mol. The molecule has 164 valence electrons. The molecule has 7 nitrogen and oxygen atoms in total. The highest BCUT2D eigenvalue weighted by Gasteiger charge is 2.17. The number of amides is 1. The predicted octanol–water partition coefficient (Wildman–Crippen LogP) is 5.02. The lowest BCUT2D eigenvalue weighted by Crippen LogP contribution is -2.18. The average Bonchev–Trinajstić information content (AvgIpc) is 3.41. The van der Waals surface area contributed by atoms with Crippen molar-refractivity contribution in [2.24, 2.45) is 0 Å². The van der Waals surface area contributed by atoms with Gasteiger partial charge < -0.3 is 5.32 Å². The number of carbonyl (C=O) groups excluding carboxylic acids is 1. The average molecular weight is 467 g/mol. The lowest BCUT2D eigenvalue weighted by molar-refractivity contribution is -0.113. The molecular weight excluding hydrogens is 444 g/mol. The fraction of sp³-hybridized carbons (Fsp3) is 0.217. The first-order valence-electron chi connectivity index (χ1n) is 10.2. The molecule has 0 bridgehead atoms. The summed E-state index contributed by atoms with van der Waals surface area (Å²) in [4.78, 5) is 12.6. The van der Waals surface area contributed by atoms with Gasteiger partial charge in [-0.15, -0.1) is 10.2 Å². The van der Waals surface area contributed by atoms with Crippen LogP contribution in [0.5, 0.6) is 0 Å². The van der Waals surface area contributed by atoms with Crippen molar-refractivity contribution in [3.05, 3.63) is 83.3 Å². The van der Waals surface area contributed by atoms with Crippen LogP contribution < -0.4 is 5.32 Å². The summed E-state index contributed by atoms with van der Waals surface area (Å²) in [7, 11) is 0. The monoisotopic (exact) mass is 466 g/mol. The summed E-state index contributed by atoms with van der Waals surface area (Å²) in [5, 5.41) is 17.3. The maximum atomic E-state index is 12.6. The summed E-state index contributed by atoms with van der Waals surface area (Å²) in [5.74, 6) is 1.53. The van der Waals surface area contributed by atoms with Gasteiger partial charge in [-0.25, -0.2) is 4.68 Å². The van der Waals surface area contributed by atoms with Crippen molar-refractivity contribution in [1.29, 1.82) is 0 Å². The first kappa shape index (κ1) is 22.1. The Balaban J connectivity index is 1.54. The van der Waals surface area contributed by atoms with Gasteiger partial charge in [-0.2, -0.15) is 5.10 Å². The van der Waals surface area contributed by atoms with Gasteiger partial charge in [-0.05, 0) is 43.7 Å². The molecule has 1 amide bonds. The molecule has 4 rings (SSSR count). The number of nitrogens with one attached hydrogen (secondary N) is 1. The van der Waals surface area contributed by atoms with Crippen LogP contribution in [0, 0.1) is 0 Å². The minimum atomic E-state index is -0.132. The van der Waals surface area contributed by atoms with E-state index in [1.807, 2.05) is 60.9 Å². The molecule has 1 N–H and O–H groups in total. The van der Waals surface area contributed by atoms with Crippen molar-refractivity contribution in [3.63, 3.8) is 0 Å². The maximum absolute atomic E-state index is 12.6. The molecule has 2 aromatic heterocycles. The number of hydrogen-bond acceptors (Lipinski definition) is 5. The number of hydrogen-bond donors (Lipinski definition) is 1. The largest absolute Gasteiger partial charge is 0.310 e. The summed E-state index contributed by atoms with van der Waals surface area (Å²) >= 11 is 7.42. The van der Waals surface area contributed by atoms with E-state index in [0.29, 0.717) is 22.4 Å². The molecule has 9 heteroatoms. The molecule has 0 fully saturated rings. The Morgan fingerprint density at radius 2 is 1.81 bits per heavy atom. The van der Waals surface area contributed by atoms with Crippen molar-refractivity contribution in [1.82, 2.24) is 24.5 Å². The van der Waals surface area contributed by atoms with Crippen LogP contribution in [-0.4, -0.2) is 36.2 Å². The van der Waals surface area contributed by atoms with Gasteiger partial charge in [0.05, 0.1) is 11.9 Å². The minimum absolute atomic E-state index is 0.132. The molecule has 4 aromatic rings. The van der Waals surface area contributed by atoms with Crippen molar-refractivity contribution in [2.75, 3.05) is 11.1 Å². The highest BCUT2D eigenvalue weighted by molar-refractivity contribution is 7.99. The van der Waals surface area contributed by atoms with Gasteiger partial charge in [0.25, 0.3) is 0 Å². The first-order chi connectivity index (χ1) is 15.5. The number of anilines is 1. The Hall–Kier alpha value is -3.10. The zero-order valence-corrected chi connectivity index (χ0v) is 19.3.